The molecular formula is C38H39Cl2FN3O6+. The summed E-state index contributed by atoms with van der Waals surface area (Å²) in [5, 5.41) is 0.769. The molecular weight excluding hydrogens is 684 g/mol. The Morgan fingerprint density at radius 3 is 2.36 bits per heavy atom. The van der Waals surface area contributed by atoms with Crippen LogP contribution in [0.15, 0.2) is 73.1 Å². The minimum atomic E-state index is -0.824. The molecule has 7 rings (SSSR count). The second-order valence-corrected chi connectivity index (χ2v) is 13.5. The van der Waals surface area contributed by atoms with Gasteiger partial charge in [0.25, 0.3) is 0 Å². The summed E-state index contributed by atoms with van der Waals surface area (Å²) >= 11 is 13.0. The molecule has 0 aliphatic carbocycles. The maximum absolute atomic E-state index is 15.2. The number of rotatable bonds is 11. The first-order valence-corrected chi connectivity index (χ1v) is 17.2. The summed E-state index contributed by atoms with van der Waals surface area (Å²) in [4.78, 5) is 34.2. The third kappa shape index (κ3) is 7.98. The average molecular weight is 724 g/mol. The van der Waals surface area contributed by atoms with Crippen molar-refractivity contribution in [2.24, 2.45) is 5.92 Å². The number of benzene rings is 3. The first kappa shape index (κ1) is 35.4. The fraction of sp³-hybridized carbons (Fsp3) is 0.342. The van der Waals surface area contributed by atoms with Crippen molar-refractivity contribution in [2.75, 3.05) is 38.8 Å². The number of para-hydroxylation sites is 1. The van der Waals surface area contributed by atoms with E-state index in [1.807, 2.05) is 13.0 Å². The van der Waals surface area contributed by atoms with E-state index < -0.39 is 24.0 Å². The van der Waals surface area contributed by atoms with Gasteiger partial charge < -0.3 is 18.9 Å². The fourth-order valence-corrected chi connectivity index (χ4v) is 7.28. The first-order chi connectivity index (χ1) is 24.1. The van der Waals surface area contributed by atoms with Gasteiger partial charge >= 0.3 is 12.1 Å². The molecule has 4 aromatic rings. The molecule has 3 saturated heterocycles. The number of aryl methyl sites for hydroxylation is 1. The van der Waals surface area contributed by atoms with Gasteiger partial charge in [-0.05, 0) is 91.9 Å². The summed E-state index contributed by atoms with van der Waals surface area (Å²) in [6.07, 6.45) is 3.58. The van der Waals surface area contributed by atoms with E-state index >= 15 is 4.39 Å². The Hall–Kier alpha value is -4.38. The SMILES string of the molecule is COc1ccc([C@H](Cc2c(Cl)c[nH+]cc2Cl)OC(=O)c2cc(C)cc(CN(C(=O)O[C@H]3CN4CCC3CC4)c3ccccc3F)c2)cc1OC. The van der Waals surface area contributed by atoms with Crippen molar-refractivity contribution in [3.05, 3.63) is 117 Å². The van der Waals surface area contributed by atoms with E-state index in [9.17, 15) is 9.59 Å². The van der Waals surface area contributed by atoms with E-state index in [2.05, 4.69) is 9.88 Å². The largest absolute Gasteiger partial charge is 0.493 e. The van der Waals surface area contributed by atoms with Gasteiger partial charge in [-0.2, -0.15) is 0 Å². The van der Waals surface area contributed by atoms with E-state index in [4.69, 9.17) is 42.1 Å². The number of amides is 1. The molecule has 50 heavy (non-hydrogen) atoms. The van der Waals surface area contributed by atoms with Crippen molar-refractivity contribution in [2.45, 2.75) is 44.9 Å². The van der Waals surface area contributed by atoms with Crippen molar-refractivity contribution in [1.29, 1.82) is 0 Å². The van der Waals surface area contributed by atoms with Gasteiger partial charge in [-0.25, -0.2) is 19.0 Å². The molecule has 12 heteroatoms. The minimum absolute atomic E-state index is 0.0341. The zero-order chi connectivity index (χ0) is 35.4. The number of ether oxygens (including phenoxy) is 4. The fourth-order valence-electron chi connectivity index (χ4n) is 6.74. The highest BCUT2D eigenvalue weighted by Crippen LogP contribution is 2.36. The van der Waals surface area contributed by atoms with Crippen LogP contribution in [0.4, 0.5) is 14.9 Å². The monoisotopic (exact) mass is 722 g/mol. The number of methoxy groups -OCH3 is 2. The van der Waals surface area contributed by atoms with Gasteiger partial charge in [-0.3, -0.25) is 9.80 Å². The van der Waals surface area contributed by atoms with Gasteiger partial charge in [0.2, 0.25) is 0 Å². The van der Waals surface area contributed by atoms with E-state index in [-0.39, 0.29) is 36.2 Å². The van der Waals surface area contributed by atoms with Crippen molar-refractivity contribution >= 4 is 41.0 Å². The number of nitrogens with zero attached hydrogens (tertiary/aromatic N) is 2. The lowest BCUT2D eigenvalue weighted by Crippen LogP contribution is -2.53. The summed E-state index contributed by atoms with van der Waals surface area (Å²) in [6.45, 7) is 4.46. The molecule has 1 N–H and O–H groups in total. The Kier molecular flexibility index (Phi) is 11.1. The topological polar surface area (TPSA) is 91.7 Å². The molecule has 9 nitrogen and oxygen atoms in total. The van der Waals surface area contributed by atoms with Crippen LogP contribution < -0.4 is 19.4 Å². The molecule has 2 atom stereocenters. The molecule has 3 aliphatic heterocycles. The molecule has 2 bridgehead atoms. The number of hydrogen-bond donors (Lipinski definition) is 0. The smallest absolute Gasteiger partial charge is 0.415 e. The zero-order valence-corrected chi connectivity index (χ0v) is 29.6. The van der Waals surface area contributed by atoms with Crippen molar-refractivity contribution in [3.63, 3.8) is 0 Å². The maximum Gasteiger partial charge on any atom is 0.415 e. The van der Waals surface area contributed by atoms with E-state index in [0.717, 1.165) is 31.5 Å². The third-order valence-corrected chi connectivity index (χ3v) is 10.0. The number of hydrogen-bond acceptors (Lipinski definition) is 7. The number of aromatic nitrogens is 1. The summed E-state index contributed by atoms with van der Waals surface area (Å²) in [5.41, 5.74) is 2.91. The van der Waals surface area contributed by atoms with Crippen LogP contribution in [0.3, 0.4) is 0 Å². The van der Waals surface area contributed by atoms with Crippen LogP contribution in [0.2, 0.25) is 10.0 Å². The van der Waals surface area contributed by atoms with Crippen LogP contribution in [0.5, 0.6) is 11.5 Å². The average Bonchev–Trinajstić information content (AvgIpc) is 3.12. The Balaban J connectivity index is 1.28. The van der Waals surface area contributed by atoms with E-state index in [1.54, 1.807) is 60.9 Å². The Labute approximate surface area is 300 Å². The Bertz CT molecular complexity index is 1850. The zero-order valence-electron chi connectivity index (χ0n) is 28.1. The number of nitrogens with one attached hydrogen (secondary N) is 1. The predicted octanol–water partition coefficient (Wildman–Crippen LogP) is 7.65. The number of carbonyl (C=O) groups excluding carboxylic acids is 2. The van der Waals surface area contributed by atoms with Crippen LogP contribution in [-0.2, 0) is 22.4 Å². The van der Waals surface area contributed by atoms with Gasteiger partial charge in [0.05, 0.1) is 32.0 Å². The number of H-pyrrole nitrogens is 1. The molecule has 0 spiro atoms. The standard InChI is InChI=1S/C38H38Cl2FN3O6/c1-23-14-24(21-44(32-7-5-4-6-31(32)41)38(46)50-36-22-43-12-10-25(36)11-13-43)16-27(15-23)37(45)49-34(18-28-29(39)19-42-20-30(28)40)26-8-9-33(47-2)35(17-26)48-3/h4-9,14-17,19-20,25,34,36H,10-13,18,21-22H2,1-3H3/p+1/t34-,36-/m0/s1. The predicted molar refractivity (Wildman–Crippen MR) is 188 cm³/mol. The summed E-state index contributed by atoms with van der Waals surface area (Å²) < 4.78 is 38.3. The third-order valence-electron chi connectivity index (χ3n) is 9.34. The minimum Gasteiger partial charge on any atom is -0.493 e. The molecule has 3 fully saturated rings. The highest BCUT2D eigenvalue weighted by Gasteiger charge is 2.38. The lowest BCUT2D eigenvalue weighted by molar-refractivity contribution is -0.377. The van der Waals surface area contributed by atoms with E-state index in [0.29, 0.717) is 44.8 Å². The van der Waals surface area contributed by atoms with Crippen LogP contribution in [0.1, 0.15) is 51.6 Å². The van der Waals surface area contributed by atoms with E-state index in [1.165, 1.54) is 25.2 Å². The first-order valence-electron chi connectivity index (χ1n) is 16.5. The lowest BCUT2D eigenvalue weighted by Gasteiger charge is -2.44. The number of carbonyl (C=O) groups is 2. The number of fused-ring (bicyclic) bond motifs is 3. The Morgan fingerprint density at radius 1 is 0.980 bits per heavy atom. The van der Waals surface area contributed by atoms with Gasteiger partial charge in [0.1, 0.15) is 28.1 Å². The normalized spacial score (nSPS) is 18.6. The molecule has 262 valence electrons. The molecule has 4 heterocycles. The van der Waals surface area contributed by atoms with Crippen LogP contribution in [0, 0.1) is 18.7 Å². The molecule has 1 amide bonds. The Morgan fingerprint density at radius 2 is 1.70 bits per heavy atom. The molecule has 3 aromatic carbocycles. The maximum atomic E-state index is 15.2. The quantitative estimate of drug-likeness (QED) is 0.147. The summed E-state index contributed by atoms with van der Waals surface area (Å²) in [6, 6.07) is 16.5. The van der Waals surface area contributed by atoms with Gasteiger partial charge in [0.15, 0.2) is 23.9 Å². The van der Waals surface area contributed by atoms with Gasteiger partial charge in [-0.1, -0.05) is 47.5 Å². The summed E-state index contributed by atoms with van der Waals surface area (Å²) in [5.74, 6) is 0.0856. The highest BCUT2D eigenvalue weighted by atomic mass is 35.5. The van der Waals surface area contributed by atoms with Crippen molar-refractivity contribution < 1.29 is 37.9 Å². The van der Waals surface area contributed by atoms with Gasteiger partial charge in [-0.15, -0.1) is 0 Å². The van der Waals surface area contributed by atoms with Crippen LogP contribution >= 0.6 is 23.2 Å². The molecule has 1 aromatic heterocycles. The van der Waals surface area contributed by atoms with Crippen LogP contribution in [-0.4, -0.2) is 56.9 Å². The number of halogens is 3. The second-order valence-electron chi connectivity index (χ2n) is 12.6. The molecule has 3 aliphatic rings. The molecule has 0 radical (unpaired) electrons. The van der Waals surface area contributed by atoms with Crippen LogP contribution in [0.25, 0.3) is 0 Å². The number of pyridine rings is 1. The van der Waals surface area contributed by atoms with Crippen molar-refractivity contribution in [3.8, 4) is 11.5 Å². The van der Waals surface area contributed by atoms with Gasteiger partial charge in [0, 0.05) is 18.5 Å². The molecule has 0 saturated carbocycles. The number of esters is 1. The second kappa shape index (κ2) is 15.7. The van der Waals surface area contributed by atoms with Crippen molar-refractivity contribution in [1.82, 2.24) is 4.90 Å². The summed E-state index contributed by atoms with van der Waals surface area (Å²) in [7, 11) is 3.06. The number of piperidine rings is 3. The number of anilines is 1. The lowest BCUT2D eigenvalue weighted by atomic mass is 9.86. The highest BCUT2D eigenvalue weighted by molar-refractivity contribution is 6.35. The molecule has 0 unspecified atom stereocenters. The number of aromatic amines is 1.